The van der Waals surface area contributed by atoms with Crippen molar-refractivity contribution in [3.63, 3.8) is 0 Å². The Hall–Kier alpha value is -4.26. The van der Waals surface area contributed by atoms with Crippen LogP contribution in [0, 0.1) is 0 Å². The first-order valence-electron chi connectivity index (χ1n) is 11.0. The van der Waals surface area contributed by atoms with E-state index < -0.39 is 17.8 Å². The minimum atomic E-state index is -4.62. The third-order valence-electron chi connectivity index (χ3n) is 5.00. The highest BCUT2D eigenvalue weighted by Gasteiger charge is 2.32. The summed E-state index contributed by atoms with van der Waals surface area (Å²) in [4.78, 5) is 20.0. The Morgan fingerprint density at radius 3 is 2.73 bits per heavy atom. The molecule has 5 N–H and O–H groups in total. The van der Waals surface area contributed by atoms with Gasteiger partial charge in [-0.25, -0.2) is 4.98 Å². The molecular weight excluding hydrogens is 507 g/mol. The molecule has 37 heavy (non-hydrogen) atoms. The van der Waals surface area contributed by atoms with E-state index in [2.05, 4.69) is 30.2 Å². The Balaban J connectivity index is 1.67. The van der Waals surface area contributed by atoms with Gasteiger partial charge in [-0.2, -0.15) is 18.3 Å². The summed E-state index contributed by atoms with van der Waals surface area (Å²) in [6, 6.07) is 12.3. The van der Waals surface area contributed by atoms with Crippen LogP contribution in [-0.2, 0) is 12.8 Å². The molecule has 1 aromatic carbocycles. The third-order valence-corrected chi connectivity index (χ3v) is 5.66. The molecule has 0 aliphatic rings. The Labute approximate surface area is 214 Å². The molecule has 1 amide bonds. The summed E-state index contributed by atoms with van der Waals surface area (Å²) >= 11 is 1.48. The molecule has 0 atom stereocenters. The van der Waals surface area contributed by atoms with Gasteiger partial charge in [-0.3, -0.25) is 14.9 Å². The number of nitrogens with two attached hydrogens (primary N) is 1. The number of benzene rings is 1. The molecule has 0 saturated heterocycles. The van der Waals surface area contributed by atoms with E-state index in [9.17, 15) is 18.0 Å². The van der Waals surface area contributed by atoms with Crippen LogP contribution in [0.5, 0.6) is 5.75 Å². The molecule has 9 nitrogen and oxygen atoms in total. The molecule has 0 radical (unpaired) electrons. The summed E-state index contributed by atoms with van der Waals surface area (Å²) in [5.41, 5.74) is 6.77. The van der Waals surface area contributed by atoms with Gasteiger partial charge in [0.05, 0.1) is 5.69 Å². The number of pyridine rings is 2. The molecule has 13 heteroatoms. The zero-order valence-electron chi connectivity index (χ0n) is 19.5. The quantitative estimate of drug-likeness (QED) is 0.201. The topological polar surface area (TPSA) is 131 Å². The lowest BCUT2D eigenvalue weighted by molar-refractivity contribution is -0.141. The Bertz CT molecular complexity index is 1380. The molecule has 4 aromatic rings. The molecule has 0 bridgehead atoms. The van der Waals surface area contributed by atoms with Crippen LogP contribution in [0.1, 0.15) is 28.5 Å². The number of nitrogens with zero attached hydrogens (tertiary/aromatic N) is 3. The van der Waals surface area contributed by atoms with Crippen molar-refractivity contribution >= 4 is 35.2 Å². The SMILES string of the molecule is CCSNc1ccc(-c2n[nH]c(Nc3cccc(C(F)(F)F)n3)c2C(N)=O)cc1OCc1cccnc1. The van der Waals surface area contributed by atoms with Gasteiger partial charge >= 0.3 is 6.18 Å². The van der Waals surface area contributed by atoms with Gasteiger partial charge in [-0.05, 0) is 30.3 Å². The Morgan fingerprint density at radius 2 is 2.03 bits per heavy atom. The number of amides is 1. The normalized spacial score (nSPS) is 11.2. The van der Waals surface area contributed by atoms with Gasteiger partial charge in [-0.1, -0.05) is 37.1 Å². The van der Waals surface area contributed by atoms with E-state index in [1.165, 1.54) is 24.1 Å². The van der Waals surface area contributed by atoms with Crippen molar-refractivity contribution in [2.45, 2.75) is 19.7 Å². The summed E-state index contributed by atoms with van der Waals surface area (Å²) in [6.45, 7) is 2.25. The van der Waals surface area contributed by atoms with Crippen molar-refractivity contribution in [2.24, 2.45) is 5.73 Å². The van der Waals surface area contributed by atoms with Crippen molar-refractivity contribution in [3.8, 4) is 17.0 Å². The number of anilines is 3. The summed E-state index contributed by atoms with van der Waals surface area (Å²) in [6.07, 6.45) is -1.27. The number of hydrogen-bond donors (Lipinski definition) is 4. The summed E-state index contributed by atoms with van der Waals surface area (Å²) in [7, 11) is 0. The van der Waals surface area contributed by atoms with Crippen molar-refractivity contribution in [1.82, 2.24) is 20.2 Å². The smallest absolute Gasteiger partial charge is 0.433 e. The van der Waals surface area contributed by atoms with Crippen LogP contribution in [0.15, 0.2) is 60.9 Å². The number of carbonyl (C=O) groups excluding carboxylic acids is 1. The lowest BCUT2D eigenvalue weighted by atomic mass is 10.1. The number of carbonyl (C=O) groups is 1. The number of primary amides is 1. The number of H-pyrrole nitrogens is 1. The highest BCUT2D eigenvalue weighted by atomic mass is 32.2. The maximum absolute atomic E-state index is 13.1. The first-order valence-corrected chi connectivity index (χ1v) is 12.0. The van der Waals surface area contributed by atoms with Gasteiger partial charge in [0.2, 0.25) is 0 Å². The van der Waals surface area contributed by atoms with Crippen molar-refractivity contribution in [1.29, 1.82) is 0 Å². The largest absolute Gasteiger partial charge is 0.487 e. The number of hydrogen-bond acceptors (Lipinski definition) is 8. The molecule has 3 heterocycles. The van der Waals surface area contributed by atoms with E-state index in [4.69, 9.17) is 10.5 Å². The molecular formula is C24H22F3N7O2S. The predicted octanol–water partition coefficient (Wildman–Crippen LogP) is 5.39. The lowest BCUT2D eigenvalue weighted by Crippen LogP contribution is -2.14. The van der Waals surface area contributed by atoms with E-state index in [0.717, 1.165) is 17.4 Å². The van der Waals surface area contributed by atoms with Crippen molar-refractivity contribution < 1.29 is 22.7 Å². The molecule has 0 aliphatic carbocycles. The highest BCUT2D eigenvalue weighted by Crippen LogP contribution is 2.36. The van der Waals surface area contributed by atoms with E-state index in [0.29, 0.717) is 17.0 Å². The fraction of sp³-hybridized carbons (Fsp3) is 0.167. The van der Waals surface area contributed by atoms with Gasteiger partial charge in [0.15, 0.2) is 0 Å². The molecule has 0 aliphatic heterocycles. The zero-order chi connectivity index (χ0) is 26.4. The number of halogens is 3. The van der Waals surface area contributed by atoms with Crippen LogP contribution in [0.3, 0.4) is 0 Å². The monoisotopic (exact) mass is 529 g/mol. The molecule has 0 fully saturated rings. The van der Waals surface area contributed by atoms with Gasteiger partial charge in [-0.15, -0.1) is 0 Å². The van der Waals surface area contributed by atoms with E-state index in [-0.39, 0.29) is 29.5 Å². The second kappa shape index (κ2) is 11.2. The number of rotatable bonds is 10. The highest BCUT2D eigenvalue weighted by molar-refractivity contribution is 8.00. The molecule has 0 unspecified atom stereocenters. The van der Waals surface area contributed by atoms with Crippen molar-refractivity contribution in [2.75, 3.05) is 15.8 Å². The van der Waals surface area contributed by atoms with Crippen LogP contribution < -0.4 is 20.5 Å². The average molecular weight is 530 g/mol. The van der Waals surface area contributed by atoms with Crippen LogP contribution in [-0.4, -0.2) is 31.8 Å². The zero-order valence-corrected chi connectivity index (χ0v) is 20.3. The fourth-order valence-electron chi connectivity index (χ4n) is 3.34. The summed E-state index contributed by atoms with van der Waals surface area (Å²) in [5, 5.41) is 9.50. The van der Waals surface area contributed by atoms with Gasteiger partial charge in [0.1, 0.15) is 40.9 Å². The maximum Gasteiger partial charge on any atom is 0.433 e. The van der Waals surface area contributed by atoms with Crippen molar-refractivity contribution in [3.05, 3.63) is 77.7 Å². The number of aromatic nitrogens is 4. The lowest BCUT2D eigenvalue weighted by Gasteiger charge is -2.14. The van der Waals surface area contributed by atoms with Crippen LogP contribution in [0.4, 0.5) is 30.5 Å². The first kappa shape index (κ1) is 25.8. The third kappa shape index (κ3) is 6.30. The van der Waals surface area contributed by atoms with Gasteiger partial charge in [0, 0.05) is 29.3 Å². The average Bonchev–Trinajstić information content (AvgIpc) is 3.30. The number of aromatic amines is 1. The second-order valence-corrected chi connectivity index (χ2v) is 8.68. The summed E-state index contributed by atoms with van der Waals surface area (Å²) < 4.78 is 48.4. The standard InChI is InChI=1S/C24H22F3N7O2S/c1-2-37-34-16-9-8-15(11-17(16)36-13-14-5-4-10-29-12-14)21-20(22(28)35)23(33-32-21)31-19-7-3-6-18(30-19)24(25,26)27/h3-12,34H,2,13H2,1H3,(H2,28,35)(H2,30,31,32,33). The van der Waals surface area contributed by atoms with Gasteiger partial charge < -0.3 is 20.5 Å². The summed E-state index contributed by atoms with van der Waals surface area (Å²) in [5.74, 6) is 0.350. The van der Waals surface area contributed by atoms with E-state index in [1.807, 2.05) is 13.0 Å². The predicted molar refractivity (Wildman–Crippen MR) is 135 cm³/mol. The number of ether oxygens (including phenoxy) is 1. The first-order chi connectivity index (χ1) is 17.8. The van der Waals surface area contributed by atoms with Crippen LogP contribution in [0.2, 0.25) is 0 Å². The fourth-order valence-corrected chi connectivity index (χ4v) is 3.81. The van der Waals surface area contributed by atoms with E-state index in [1.54, 1.807) is 36.7 Å². The maximum atomic E-state index is 13.1. The molecule has 192 valence electrons. The number of alkyl halides is 3. The minimum Gasteiger partial charge on any atom is -0.487 e. The Morgan fingerprint density at radius 1 is 1.19 bits per heavy atom. The second-order valence-electron chi connectivity index (χ2n) is 7.61. The van der Waals surface area contributed by atoms with Gasteiger partial charge in [0.25, 0.3) is 5.91 Å². The Kier molecular flexibility index (Phi) is 7.82. The molecule has 0 saturated carbocycles. The molecule has 4 rings (SSSR count). The minimum absolute atomic E-state index is 0.0101. The molecule has 3 aromatic heterocycles. The van der Waals surface area contributed by atoms with Crippen LogP contribution >= 0.6 is 11.9 Å². The van der Waals surface area contributed by atoms with Crippen LogP contribution in [0.25, 0.3) is 11.3 Å². The number of nitrogens with one attached hydrogen (secondary N) is 3. The molecule has 0 spiro atoms. The van der Waals surface area contributed by atoms with E-state index >= 15 is 0 Å².